The van der Waals surface area contributed by atoms with Crippen LogP contribution >= 0.6 is 11.8 Å². The first-order valence-corrected chi connectivity index (χ1v) is 8.49. The van der Waals surface area contributed by atoms with E-state index < -0.39 is 23.6 Å². The number of nitrogens with one attached hydrogen (secondary N) is 1. The number of para-hydroxylation sites is 1. The number of carbonyl (C=O) groups is 3. The summed E-state index contributed by atoms with van der Waals surface area (Å²) >= 11 is 0.859. The quantitative estimate of drug-likeness (QED) is 0.882. The maximum atomic E-state index is 12.7. The van der Waals surface area contributed by atoms with Gasteiger partial charge in [-0.3, -0.25) is 28.8 Å². The van der Waals surface area contributed by atoms with Gasteiger partial charge in [-0.2, -0.15) is 0 Å². The highest BCUT2D eigenvalue weighted by Gasteiger charge is 2.32. The molecule has 1 saturated heterocycles. The summed E-state index contributed by atoms with van der Waals surface area (Å²) in [6, 6.07) is 9.03. The van der Waals surface area contributed by atoms with Crippen LogP contribution < -0.4 is 10.9 Å². The monoisotopic (exact) mass is 360 g/mol. The van der Waals surface area contributed by atoms with Crippen LogP contribution in [-0.4, -0.2) is 43.6 Å². The van der Waals surface area contributed by atoms with Crippen LogP contribution in [0.1, 0.15) is 5.69 Å². The molecule has 1 N–H and O–H groups in total. The van der Waals surface area contributed by atoms with E-state index in [2.05, 4.69) is 5.32 Å². The van der Waals surface area contributed by atoms with E-state index in [4.69, 9.17) is 0 Å². The van der Waals surface area contributed by atoms with E-state index in [1.54, 1.807) is 30.8 Å². The highest BCUT2D eigenvalue weighted by Crippen LogP contribution is 2.19. The first-order chi connectivity index (χ1) is 11.9. The summed E-state index contributed by atoms with van der Waals surface area (Å²) in [5, 5.41) is 2.08. The Hall–Kier alpha value is -2.81. The summed E-state index contributed by atoms with van der Waals surface area (Å²) in [5.41, 5.74) is 0.978. The molecular formula is C16H16N4O4S. The predicted octanol–water partition coefficient (Wildman–Crippen LogP) is 1.12. The minimum absolute atomic E-state index is 0.0390. The molecule has 0 unspecified atom stereocenters. The van der Waals surface area contributed by atoms with Gasteiger partial charge in [0.2, 0.25) is 11.8 Å². The number of anilines is 1. The smallest absolute Gasteiger partial charge is 0.295 e. The van der Waals surface area contributed by atoms with E-state index in [1.165, 1.54) is 4.68 Å². The second-order valence-corrected chi connectivity index (χ2v) is 6.45. The number of hydrogen-bond acceptors (Lipinski definition) is 5. The van der Waals surface area contributed by atoms with Gasteiger partial charge in [0.1, 0.15) is 12.2 Å². The first kappa shape index (κ1) is 17.0. The van der Waals surface area contributed by atoms with Crippen LogP contribution in [0.15, 0.2) is 35.1 Å². The van der Waals surface area contributed by atoms with Gasteiger partial charge in [-0.15, -0.1) is 0 Å². The number of imide groups is 1. The zero-order valence-electron chi connectivity index (χ0n) is 13.7. The van der Waals surface area contributed by atoms with Crippen molar-refractivity contribution < 1.29 is 14.4 Å². The standard InChI is InChI=1S/C16H16N4O4S/c1-10-14(17-12(21)8-19-13(22)9-25-16(19)24)15(23)20(18(10)2)11-6-4-3-5-7-11/h3-7H,8-9H2,1-2H3,(H,17,21). The molecule has 0 radical (unpaired) electrons. The van der Waals surface area contributed by atoms with Crippen LogP contribution in [0.2, 0.25) is 0 Å². The van der Waals surface area contributed by atoms with E-state index in [9.17, 15) is 19.2 Å². The number of nitrogens with zero attached hydrogens (tertiary/aromatic N) is 3. The normalized spacial score (nSPS) is 14.2. The molecule has 3 amide bonds. The fourth-order valence-corrected chi connectivity index (χ4v) is 3.29. The van der Waals surface area contributed by atoms with Crippen molar-refractivity contribution in [1.82, 2.24) is 14.3 Å². The molecule has 1 aromatic carbocycles. The van der Waals surface area contributed by atoms with E-state index in [1.807, 2.05) is 18.2 Å². The van der Waals surface area contributed by atoms with Crippen LogP contribution in [-0.2, 0) is 16.6 Å². The lowest BCUT2D eigenvalue weighted by atomic mass is 10.3. The van der Waals surface area contributed by atoms with Crippen molar-refractivity contribution >= 4 is 34.5 Å². The molecule has 1 aliphatic heterocycles. The third-order valence-corrected chi connectivity index (χ3v) is 4.82. The van der Waals surface area contributed by atoms with Crippen molar-refractivity contribution in [3.63, 3.8) is 0 Å². The highest BCUT2D eigenvalue weighted by molar-refractivity contribution is 8.14. The lowest BCUT2D eigenvalue weighted by molar-refractivity contribution is -0.128. The molecule has 8 nitrogen and oxygen atoms in total. The lowest BCUT2D eigenvalue weighted by Crippen LogP contribution is -2.37. The molecule has 0 spiro atoms. The molecule has 2 heterocycles. The van der Waals surface area contributed by atoms with Crippen LogP contribution in [0.5, 0.6) is 0 Å². The Morgan fingerprint density at radius 1 is 1.20 bits per heavy atom. The average molecular weight is 360 g/mol. The van der Waals surface area contributed by atoms with Gasteiger partial charge in [0.05, 0.1) is 17.1 Å². The van der Waals surface area contributed by atoms with Gasteiger partial charge in [-0.25, -0.2) is 4.68 Å². The third kappa shape index (κ3) is 3.10. The van der Waals surface area contributed by atoms with Crippen molar-refractivity contribution in [1.29, 1.82) is 0 Å². The number of rotatable bonds is 4. The van der Waals surface area contributed by atoms with Crippen molar-refractivity contribution in [2.24, 2.45) is 7.05 Å². The van der Waals surface area contributed by atoms with Crippen molar-refractivity contribution in [2.75, 3.05) is 17.6 Å². The number of thioether (sulfide) groups is 1. The van der Waals surface area contributed by atoms with E-state index in [0.717, 1.165) is 16.7 Å². The van der Waals surface area contributed by atoms with Crippen LogP contribution in [0, 0.1) is 6.92 Å². The zero-order valence-corrected chi connectivity index (χ0v) is 14.5. The molecule has 3 rings (SSSR count). The molecule has 0 atom stereocenters. The van der Waals surface area contributed by atoms with Crippen LogP contribution in [0.4, 0.5) is 10.5 Å². The molecule has 1 aromatic heterocycles. The molecule has 0 saturated carbocycles. The SMILES string of the molecule is Cc1c(NC(=O)CN2C(=O)CSC2=O)c(=O)n(-c2ccccc2)n1C. The molecular weight excluding hydrogens is 344 g/mol. The summed E-state index contributed by atoms with van der Waals surface area (Å²) in [5.74, 6) is -0.955. The molecule has 1 aliphatic rings. The Bertz CT molecular complexity index is 900. The molecule has 0 aliphatic carbocycles. The summed E-state index contributed by atoms with van der Waals surface area (Å²) in [6.45, 7) is 1.31. The van der Waals surface area contributed by atoms with Gasteiger partial charge in [0, 0.05) is 7.05 Å². The maximum absolute atomic E-state index is 12.7. The molecule has 130 valence electrons. The van der Waals surface area contributed by atoms with E-state index in [0.29, 0.717) is 11.4 Å². The number of carbonyl (C=O) groups excluding carboxylic acids is 3. The number of amides is 3. The maximum Gasteiger partial charge on any atom is 0.295 e. The second-order valence-electron chi connectivity index (χ2n) is 5.52. The van der Waals surface area contributed by atoms with Gasteiger partial charge in [-0.1, -0.05) is 30.0 Å². The van der Waals surface area contributed by atoms with Gasteiger partial charge in [-0.05, 0) is 19.1 Å². The first-order valence-electron chi connectivity index (χ1n) is 7.51. The number of aromatic nitrogens is 2. The Kier molecular flexibility index (Phi) is 4.49. The van der Waals surface area contributed by atoms with Crippen molar-refractivity contribution in [3.8, 4) is 5.69 Å². The highest BCUT2D eigenvalue weighted by atomic mass is 32.2. The summed E-state index contributed by atoms with van der Waals surface area (Å²) in [6.07, 6.45) is 0. The van der Waals surface area contributed by atoms with Gasteiger partial charge in [0.15, 0.2) is 0 Å². The summed E-state index contributed by atoms with van der Waals surface area (Å²) in [7, 11) is 1.71. The van der Waals surface area contributed by atoms with Crippen molar-refractivity contribution in [3.05, 3.63) is 46.4 Å². The van der Waals surface area contributed by atoms with Crippen LogP contribution in [0.25, 0.3) is 5.69 Å². The molecule has 9 heteroatoms. The van der Waals surface area contributed by atoms with Gasteiger partial charge < -0.3 is 5.32 Å². The minimum atomic E-state index is -0.588. The molecule has 1 fully saturated rings. The molecule has 0 bridgehead atoms. The average Bonchev–Trinajstić information content (AvgIpc) is 3.01. The Morgan fingerprint density at radius 2 is 1.88 bits per heavy atom. The lowest BCUT2D eigenvalue weighted by Gasteiger charge is -2.11. The second kappa shape index (κ2) is 6.60. The largest absolute Gasteiger partial charge is 0.318 e. The predicted molar refractivity (Wildman–Crippen MR) is 93.9 cm³/mol. The Labute approximate surface area is 147 Å². The molecule has 25 heavy (non-hydrogen) atoms. The summed E-state index contributed by atoms with van der Waals surface area (Å²) in [4.78, 5) is 48.9. The van der Waals surface area contributed by atoms with Crippen LogP contribution in [0.3, 0.4) is 0 Å². The van der Waals surface area contributed by atoms with Crippen molar-refractivity contribution in [2.45, 2.75) is 6.92 Å². The zero-order chi connectivity index (χ0) is 18.1. The van der Waals surface area contributed by atoms with Gasteiger partial charge in [0.25, 0.3) is 10.8 Å². The number of benzene rings is 1. The topological polar surface area (TPSA) is 93.4 Å². The van der Waals surface area contributed by atoms with E-state index in [-0.39, 0.29) is 17.0 Å². The van der Waals surface area contributed by atoms with E-state index >= 15 is 0 Å². The fourth-order valence-electron chi connectivity index (χ4n) is 2.57. The Balaban J connectivity index is 1.86. The fraction of sp³-hybridized carbons (Fsp3) is 0.250. The Morgan fingerprint density at radius 3 is 2.48 bits per heavy atom. The van der Waals surface area contributed by atoms with Gasteiger partial charge >= 0.3 is 0 Å². The third-order valence-electron chi connectivity index (χ3n) is 3.96. The minimum Gasteiger partial charge on any atom is -0.318 e. The summed E-state index contributed by atoms with van der Waals surface area (Å²) < 4.78 is 3.07. The number of hydrogen-bond donors (Lipinski definition) is 1. The molecule has 2 aromatic rings.